The van der Waals surface area contributed by atoms with Crippen molar-refractivity contribution in [3.05, 3.63) is 115 Å². The minimum Gasteiger partial charge on any atom is -0.493 e. The molecule has 16 nitrogen and oxygen atoms in total. The van der Waals surface area contributed by atoms with Gasteiger partial charge in [-0.3, -0.25) is 18.3 Å². The van der Waals surface area contributed by atoms with Gasteiger partial charge in [0.05, 0.1) is 77.5 Å². The summed E-state index contributed by atoms with van der Waals surface area (Å²) >= 11 is 0. The zero-order valence-electron chi connectivity index (χ0n) is 71.7. The molecule has 8 bridgehead atoms. The van der Waals surface area contributed by atoms with Crippen LogP contribution in [0.3, 0.4) is 0 Å². The molecule has 0 amide bonds. The first-order valence-electron chi connectivity index (χ1n) is 40.8. The third-order valence-corrected chi connectivity index (χ3v) is 25.9. The van der Waals surface area contributed by atoms with E-state index in [2.05, 4.69) is 187 Å². The number of hydrogen-bond donors (Lipinski definition) is 4. The van der Waals surface area contributed by atoms with Crippen LogP contribution in [0, 0.1) is 21.7 Å². The predicted molar refractivity (Wildman–Crippen MR) is 448 cm³/mol. The van der Waals surface area contributed by atoms with E-state index in [0.29, 0.717) is 74.4 Å². The molecule has 1 aliphatic rings. The van der Waals surface area contributed by atoms with E-state index in [4.69, 9.17) is 37.0 Å². The van der Waals surface area contributed by atoms with Crippen molar-refractivity contribution < 1.29 is 74.9 Å². The summed E-state index contributed by atoms with van der Waals surface area (Å²) in [7, 11) is -16.0. The Labute approximate surface area is 655 Å². The Balaban J connectivity index is 2.14. The Kier molecular flexibility index (Phi) is 35.6. The molecular formula is C88H148O16P4. The maximum absolute atomic E-state index is 13.7. The third-order valence-electron chi connectivity index (χ3n) is 20.0. The monoisotopic (exact) mass is 1580 g/mol. The first-order valence-corrected chi connectivity index (χ1v) is 47.8. The van der Waals surface area contributed by atoms with E-state index in [-0.39, 0.29) is 125 Å². The molecule has 0 fully saturated rings. The molecule has 0 heterocycles. The van der Waals surface area contributed by atoms with E-state index in [1.165, 1.54) is 0 Å². The van der Waals surface area contributed by atoms with Crippen LogP contribution in [-0.2, 0) is 83.7 Å². The van der Waals surface area contributed by atoms with Crippen molar-refractivity contribution in [1.82, 2.24) is 0 Å². The minimum atomic E-state index is -3.99. The number of unbranched alkanes of at least 4 members (excludes halogenated alkanes) is 4. The fourth-order valence-electron chi connectivity index (χ4n) is 16.3. The Bertz CT molecular complexity index is 3140. The number of benzene rings is 4. The van der Waals surface area contributed by atoms with Crippen LogP contribution in [0.4, 0.5) is 0 Å². The molecule has 20 heteroatoms. The van der Waals surface area contributed by atoms with Gasteiger partial charge in [-0.2, -0.15) is 0 Å². The Morgan fingerprint density at radius 3 is 0.565 bits per heavy atom. The lowest BCUT2D eigenvalue weighted by Gasteiger charge is -2.36. The van der Waals surface area contributed by atoms with Crippen LogP contribution in [0.25, 0.3) is 0 Å². The van der Waals surface area contributed by atoms with E-state index < -0.39 is 52.0 Å². The SMILES string of the molecule is CCCCOP(=O)(O)CCCOc1c2cc(C(C)(C)CC(C)(C)C)cc1Cc1cc(C(C)(C)CC(C)(C)C)cc(c1OCCCP(=O)(O)OCCCC)Cc1cc(C(C)(C)CC(C)(C)C)cc(c1OCCCP(=O)(O)OCCCC)Cc1cc(C(C)(C)CC(C)(C)C)cc(c1OCCCP(=O)(O)OCCCC)C2. The summed E-state index contributed by atoms with van der Waals surface area (Å²) < 4.78 is 107. The largest absolute Gasteiger partial charge is 0.493 e. The van der Waals surface area contributed by atoms with Gasteiger partial charge in [-0.25, -0.2) is 0 Å². The van der Waals surface area contributed by atoms with Crippen molar-refractivity contribution in [2.75, 3.05) is 77.5 Å². The van der Waals surface area contributed by atoms with Crippen LogP contribution in [0.15, 0.2) is 48.5 Å². The molecule has 4 atom stereocenters. The summed E-state index contributed by atoms with van der Waals surface area (Å²) in [5.74, 6) is 2.51. The average Bonchev–Trinajstić information content (AvgIpc) is 0.761. The highest BCUT2D eigenvalue weighted by atomic mass is 31.2. The molecule has 0 aliphatic heterocycles. The molecule has 4 aromatic carbocycles. The summed E-state index contributed by atoms with van der Waals surface area (Å²) in [4.78, 5) is 45.0. The summed E-state index contributed by atoms with van der Waals surface area (Å²) in [6, 6.07) is 18.4. The van der Waals surface area contributed by atoms with Gasteiger partial charge in [0.25, 0.3) is 0 Å². The topological polar surface area (TPSA) is 223 Å². The van der Waals surface area contributed by atoms with E-state index in [9.17, 15) is 37.8 Å². The highest BCUT2D eigenvalue weighted by molar-refractivity contribution is 7.53. The lowest BCUT2D eigenvalue weighted by molar-refractivity contribution is 0.248. The Morgan fingerprint density at radius 2 is 0.426 bits per heavy atom. The first kappa shape index (κ1) is 95.3. The van der Waals surface area contributed by atoms with E-state index in [1.807, 2.05) is 27.7 Å². The summed E-state index contributed by atoms with van der Waals surface area (Å²) in [6.07, 6.45) is 10.8. The van der Waals surface area contributed by atoms with Crippen molar-refractivity contribution in [2.24, 2.45) is 21.7 Å². The van der Waals surface area contributed by atoms with E-state index in [0.717, 1.165) is 118 Å². The number of hydrogen-bond acceptors (Lipinski definition) is 12. The van der Waals surface area contributed by atoms with Crippen LogP contribution in [-0.4, -0.2) is 97.1 Å². The second-order valence-electron chi connectivity index (χ2n) is 38.7. The molecule has 616 valence electrons. The maximum atomic E-state index is 13.7. The molecule has 4 unspecified atom stereocenters. The predicted octanol–water partition coefficient (Wildman–Crippen LogP) is 24.3. The Morgan fingerprint density at radius 1 is 0.269 bits per heavy atom. The van der Waals surface area contributed by atoms with Crippen molar-refractivity contribution in [3.63, 3.8) is 0 Å². The van der Waals surface area contributed by atoms with Gasteiger partial charge in [-0.1, -0.05) is 240 Å². The molecule has 0 spiro atoms. The van der Waals surface area contributed by atoms with Crippen molar-refractivity contribution in [3.8, 4) is 23.0 Å². The minimum absolute atomic E-state index is 0.0864. The van der Waals surface area contributed by atoms with E-state index >= 15 is 0 Å². The van der Waals surface area contributed by atoms with Crippen LogP contribution in [0.5, 0.6) is 23.0 Å². The first-order chi connectivity index (χ1) is 49.7. The molecular weight excluding hydrogens is 1440 g/mol. The van der Waals surface area contributed by atoms with Gasteiger partial charge in [-0.15, -0.1) is 0 Å². The van der Waals surface area contributed by atoms with Crippen molar-refractivity contribution in [2.45, 2.75) is 316 Å². The zero-order valence-corrected chi connectivity index (χ0v) is 75.3. The molecule has 4 aromatic rings. The average molecular weight is 1590 g/mol. The summed E-state index contributed by atoms with van der Waals surface area (Å²) in [5.41, 5.74) is 9.33. The fourth-order valence-corrected chi connectivity index (χ4v) is 20.6. The summed E-state index contributed by atoms with van der Waals surface area (Å²) in [6.45, 7) is 54.9. The zero-order chi connectivity index (χ0) is 81.2. The molecule has 1 aliphatic carbocycles. The van der Waals surface area contributed by atoms with Crippen molar-refractivity contribution in [1.29, 1.82) is 0 Å². The molecule has 0 radical (unpaired) electrons. The standard InChI is InChI=1S/C88H148O16P4/c1-25-29-41-101-105(89,90)45-33-37-97-77-65-49-67-55-74(86(19,20)62-82(8,9)10)57-69(78(67)98-38-34-46-106(91,92)102-42-30-26-2)51-71-59-76(88(23,24)64-84(14,15)16)60-72(80(71)100-40-36-48-108(95,96)104-44-32-28-4)52-70-58-75(87(21,22)63-83(11,12)13)56-68(79(70)99-39-35-47-107(93,94)103-43-31-27-3)50-66(77)54-73(53-65)85(17,18)61-81(5,6)7/h53-60H,25-52,61-64H2,1-24H3,(H,89,90)(H,91,92)(H,93,94)(H,95,96). The number of fused-ring (bicyclic) bond motifs is 8. The lowest BCUT2D eigenvalue weighted by Crippen LogP contribution is -2.26. The van der Waals surface area contributed by atoms with Crippen LogP contribution < -0.4 is 18.9 Å². The molecule has 108 heavy (non-hydrogen) atoms. The molecule has 4 N–H and O–H groups in total. The van der Waals surface area contributed by atoms with Crippen LogP contribution in [0.2, 0.25) is 0 Å². The second kappa shape index (κ2) is 40.3. The smallest absolute Gasteiger partial charge is 0.328 e. The third kappa shape index (κ3) is 32.5. The molecule has 0 saturated heterocycles. The van der Waals surface area contributed by atoms with Crippen LogP contribution in [0.1, 0.15) is 336 Å². The maximum Gasteiger partial charge on any atom is 0.328 e. The number of rotatable bonds is 44. The normalized spacial score (nSPS) is 16.0. The molecule has 0 aromatic heterocycles. The molecule has 0 saturated carbocycles. The Hall–Kier alpha value is -3.32. The van der Waals surface area contributed by atoms with Crippen molar-refractivity contribution >= 4 is 30.4 Å². The highest BCUT2D eigenvalue weighted by Gasteiger charge is 2.37. The lowest BCUT2D eigenvalue weighted by atomic mass is 9.70. The van der Waals surface area contributed by atoms with Crippen LogP contribution >= 0.6 is 30.4 Å². The molecule has 5 rings (SSSR count). The van der Waals surface area contributed by atoms with Gasteiger partial charge in [0.1, 0.15) is 23.0 Å². The van der Waals surface area contributed by atoms with Gasteiger partial charge in [0, 0.05) is 25.7 Å². The quantitative estimate of drug-likeness (QED) is 0.0210. The van der Waals surface area contributed by atoms with Gasteiger partial charge < -0.3 is 56.6 Å². The second-order valence-corrected chi connectivity index (χ2v) is 46.6. The summed E-state index contributed by atoms with van der Waals surface area (Å²) in [5, 5.41) is 0. The number of ether oxygens (including phenoxy) is 4. The van der Waals surface area contributed by atoms with E-state index in [1.54, 1.807) is 0 Å². The van der Waals surface area contributed by atoms with Gasteiger partial charge in [0.2, 0.25) is 0 Å². The van der Waals surface area contributed by atoms with Gasteiger partial charge >= 0.3 is 30.4 Å². The van der Waals surface area contributed by atoms with Gasteiger partial charge in [-0.05, 0) is 187 Å². The highest BCUT2D eigenvalue weighted by Crippen LogP contribution is 2.51. The fraction of sp³-hybridized carbons (Fsp3) is 0.727. The van der Waals surface area contributed by atoms with Gasteiger partial charge in [0.15, 0.2) is 0 Å².